The van der Waals surface area contributed by atoms with Gasteiger partial charge in [-0.2, -0.15) is 0 Å². The maximum Gasteiger partial charge on any atom is 0.339 e. The van der Waals surface area contributed by atoms with Gasteiger partial charge in [0.2, 0.25) is 5.91 Å². The zero-order valence-corrected chi connectivity index (χ0v) is 12.1. The Balaban J connectivity index is 1.88. The molecule has 1 N–H and O–H groups in total. The van der Waals surface area contributed by atoms with E-state index in [1.165, 1.54) is 0 Å². The van der Waals surface area contributed by atoms with Crippen LogP contribution in [0.25, 0.3) is 0 Å². The van der Waals surface area contributed by atoms with Gasteiger partial charge in [0.25, 0.3) is 0 Å². The Bertz CT molecular complexity index is 589. The lowest BCUT2D eigenvalue weighted by Gasteiger charge is -2.37. The normalized spacial score (nSPS) is 25.7. The molecule has 6 nitrogen and oxygen atoms in total. The second kappa shape index (κ2) is 5.02. The number of pyridine rings is 1. The monoisotopic (exact) mass is 289 g/mol. The van der Waals surface area contributed by atoms with E-state index in [-0.39, 0.29) is 16.9 Å². The molecular weight excluding hydrogens is 270 g/mol. The van der Waals surface area contributed by atoms with Crippen LogP contribution >= 0.6 is 0 Å². The first-order valence-corrected chi connectivity index (χ1v) is 7.22. The van der Waals surface area contributed by atoms with Crippen LogP contribution in [0, 0.1) is 5.41 Å². The van der Waals surface area contributed by atoms with E-state index in [9.17, 15) is 14.7 Å². The van der Waals surface area contributed by atoms with Gasteiger partial charge >= 0.3 is 5.97 Å². The van der Waals surface area contributed by atoms with E-state index in [0.717, 1.165) is 25.8 Å². The first kappa shape index (κ1) is 13.9. The van der Waals surface area contributed by atoms with Crippen molar-refractivity contribution in [2.75, 3.05) is 31.6 Å². The number of hydrogen-bond donors (Lipinski definition) is 1. The molecule has 1 atom stereocenters. The van der Waals surface area contributed by atoms with Crippen LogP contribution in [-0.4, -0.2) is 53.5 Å². The van der Waals surface area contributed by atoms with Gasteiger partial charge in [0, 0.05) is 32.9 Å². The summed E-state index contributed by atoms with van der Waals surface area (Å²) in [6.07, 6.45) is 4.25. The Kier molecular flexibility index (Phi) is 3.31. The summed E-state index contributed by atoms with van der Waals surface area (Å²) in [6, 6.07) is 3.18. The second-order valence-electron chi connectivity index (χ2n) is 5.96. The van der Waals surface area contributed by atoms with Gasteiger partial charge in [-0.3, -0.25) is 4.79 Å². The van der Waals surface area contributed by atoms with Crippen LogP contribution in [0.4, 0.5) is 5.82 Å². The lowest BCUT2D eigenvalue weighted by Crippen LogP contribution is -2.48. The maximum atomic E-state index is 12.5. The maximum absolute atomic E-state index is 12.5. The average molecular weight is 289 g/mol. The van der Waals surface area contributed by atoms with Crippen LogP contribution in [0.15, 0.2) is 18.3 Å². The van der Waals surface area contributed by atoms with Crippen molar-refractivity contribution in [2.24, 2.45) is 5.41 Å². The summed E-state index contributed by atoms with van der Waals surface area (Å²) in [7, 11) is 1.84. The highest BCUT2D eigenvalue weighted by molar-refractivity contribution is 5.93. The molecule has 112 valence electrons. The number of carbonyl (C=O) groups is 2. The Labute approximate surface area is 123 Å². The molecule has 3 heterocycles. The Morgan fingerprint density at radius 3 is 2.95 bits per heavy atom. The molecule has 6 heteroatoms. The van der Waals surface area contributed by atoms with Gasteiger partial charge in [-0.1, -0.05) is 0 Å². The molecule has 1 aromatic rings. The lowest BCUT2D eigenvalue weighted by molar-refractivity contribution is -0.143. The second-order valence-corrected chi connectivity index (χ2v) is 5.96. The fourth-order valence-electron chi connectivity index (χ4n) is 3.52. The molecule has 1 amide bonds. The van der Waals surface area contributed by atoms with Gasteiger partial charge in [-0.15, -0.1) is 0 Å². The van der Waals surface area contributed by atoms with Crippen molar-refractivity contribution in [3.63, 3.8) is 0 Å². The van der Waals surface area contributed by atoms with Crippen LogP contribution in [0.5, 0.6) is 0 Å². The van der Waals surface area contributed by atoms with Crippen LogP contribution in [0.2, 0.25) is 0 Å². The summed E-state index contributed by atoms with van der Waals surface area (Å²) in [6.45, 7) is 2.05. The number of hydrogen-bond acceptors (Lipinski definition) is 4. The third-order valence-corrected chi connectivity index (χ3v) is 4.62. The van der Waals surface area contributed by atoms with E-state index in [2.05, 4.69) is 4.98 Å². The number of amides is 1. The number of carboxylic acids is 1. The first-order valence-electron chi connectivity index (χ1n) is 7.22. The third kappa shape index (κ3) is 2.24. The zero-order chi connectivity index (χ0) is 15.0. The minimum absolute atomic E-state index is 0.184. The van der Waals surface area contributed by atoms with Crippen LogP contribution in [0.3, 0.4) is 0 Å². The first-order chi connectivity index (χ1) is 10.0. The number of piperidine rings is 1. The molecule has 0 radical (unpaired) electrons. The van der Waals surface area contributed by atoms with Gasteiger partial charge in [0.15, 0.2) is 0 Å². The highest BCUT2D eigenvalue weighted by Gasteiger charge is 2.48. The van der Waals surface area contributed by atoms with E-state index in [0.29, 0.717) is 18.9 Å². The molecule has 2 fully saturated rings. The predicted octanol–water partition coefficient (Wildman–Crippen LogP) is 1.23. The fraction of sp³-hybridized carbons (Fsp3) is 0.533. The van der Waals surface area contributed by atoms with Crippen molar-refractivity contribution in [1.29, 1.82) is 0 Å². The number of anilines is 1. The molecule has 1 aromatic heterocycles. The molecule has 2 aliphatic rings. The minimum Gasteiger partial charge on any atom is -0.478 e. The number of nitrogens with zero attached hydrogens (tertiary/aromatic N) is 3. The van der Waals surface area contributed by atoms with Crippen molar-refractivity contribution in [3.05, 3.63) is 23.9 Å². The standard InChI is InChI=1S/C15H19N3O3/c1-17-8-3-5-15(14(17)21)6-9-18(10-15)12-11(13(19)20)4-2-7-16-12/h2,4,7H,3,5-6,8-10H2,1H3,(H,19,20)/t15-/m1/s1. The number of rotatable bonds is 2. The van der Waals surface area contributed by atoms with Crippen molar-refractivity contribution in [1.82, 2.24) is 9.88 Å². The summed E-state index contributed by atoms with van der Waals surface area (Å²) in [5, 5.41) is 9.28. The molecule has 1 spiro atoms. The summed E-state index contributed by atoms with van der Waals surface area (Å²) < 4.78 is 0. The van der Waals surface area contributed by atoms with Gasteiger partial charge in [-0.05, 0) is 31.4 Å². The van der Waals surface area contributed by atoms with E-state index in [1.54, 1.807) is 23.2 Å². The smallest absolute Gasteiger partial charge is 0.339 e. The van der Waals surface area contributed by atoms with Crippen LogP contribution < -0.4 is 4.90 Å². The average Bonchev–Trinajstić information content (AvgIpc) is 2.90. The minimum atomic E-state index is -0.980. The summed E-state index contributed by atoms with van der Waals surface area (Å²) in [4.78, 5) is 31.8. The molecule has 2 aliphatic heterocycles. The molecule has 0 bridgehead atoms. The Morgan fingerprint density at radius 2 is 2.19 bits per heavy atom. The van der Waals surface area contributed by atoms with E-state index in [4.69, 9.17) is 0 Å². The Morgan fingerprint density at radius 1 is 1.38 bits per heavy atom. The molecular formula is C15H19N3O3. The molecule has 0 unspecified atom stereocenters. The van der Waals surface area contributed by atoms with Crippen molar-refractivity contribution < 1.29 is 14.7 Å². The summed E-state index contributed by atoms with van der Waals surface area (Å²) in [5.41, 5.74) is -0.161. The van der Waals surface area contributed by atoms with E-state index >= 15 is 0 Å². The highest BCUT2D eigenvalue weighted by Crippen LogP contribution is 2.41. The molecule has 0 saturated carbocycles. The number of aromatic nitrogens is 1. The summed E-state index contributed by atoms with van der Waals surface area (Å²) in [5.74, 6) is -0.321. The quantitative estimate of drug-likeness (QED) is 0.886. The number of carboxylic acid groups (broad SMARTS) is 1. The number of carbonyl (C=O) groups excluding carboxylic acids is 1. The highest BCUT2D eigenvalue weighted by atomic mass is 16.4. The molecule has 2 saturated heterocycles. The molecule has 0 aliphatic carbocycles. The topological polar surface area (TPSA) is 73.7 Å². The van der Waals surface area contributed by atoms with Gasteiger partial charge in [0.1, 0.15) is 11.4 Å². The van der Waals surface area contributed by atoms with Crippen LogP contribution in [0.1, 0.15) is 29.6 Å². The van der Waals surface area contributed by atoms with E-state index < -0.39 is 5.97 Å². The van der Waals surface area contributed by atoms with Crippen molar-refractivity contribution >= 4 is 17.7 Å². The predicted molar refractivity (Wildman–Crippen MR) is 77.3 cm³/mol. The molecule has 0 aromatic carbocycles. The zero-order valence-electron chi connectivity index (χ0n) is 12.1. The van der Waals surface area contributed by atoms with Gasteiger partial charge in [-0.25, -0.2) is 9.78 Å². The SMILES string of the molecule is CN1CCC[C@]2(CCN(c3ncccc3C(=O)O)C2)C1=O. The van der Waals surface area contributed by atoms with Crippen LogP contribution in [-0.2, 0) is 4.79 Å². The number of likely N-dealkylation sites (tertiary alicyclic amines) is 1. The molecule has 3 rings (SSSR count). The summed E-state index contributed by atoms with van der Waals surface area (Å²) >= 11 is 0. The molecule has 21 heavy (non-hydrogen) atoms. The largest absolute Gasteiger partial charge is 0.478 e. The fourth-order valence-corrected chi connectivity index (χ4v) is 3.52. The third-order valence-electron chi connectivity index (χ3n) is 4.62. The van der Waals surface area contributed by atoms with Gasteiger partial charge in [0.05, 0.1) is 5.41 Å². The number of aromatic carboxylic acids is 1. The lowest BCUT2D eigenvalue weighted by atomic mass is 9.78. The Hall–Kier alpha value is -2.11. The van der Waals surface area contributed by atoms with Crippen molar-refractivity contribution in [3.8, 4) is 0 Å². The van der Waals surface area contributed by atoms with Gasteiger partial charge < -0.3 is 14.9 Å². The van der Waals surface area contributed by atoms with E-state index in [1.807, 2.05) is 11.9 Å². The van der Waals surface area contributed by atoms with Crippen molar-refractivity contribution in [2.45, 2.75) is 19.3 Å².